The van der Waals surface area contributed by atoms with Crippen LogP contribution in [0.15, 0.2) is 30.3 Å². The maximum absolute atomic E-state index is 12.6. The first-order valence-corrected chi connectivity index (χ1v) is 10.7. The van der Waals surface area contributed by atoms with E-state index in [1.165, 1.54) is 7.11 Å². The molecule has 2 heterocycles. The molecule has 1 aromatic rings. The minimum absolute atomic E-state index is 0.0166. The van der Waals surface area contributed by atoms with Crippen LogP contribution in [0.5, 0.6) is 0 Å². The van der Waals surface area contributed by atoms with E-state index >= 15 is 0 Å². The van der Waals surface area contributed by atoms with Crippen molar-refractivity contribution in [3.63, 3.8) is 0 Å². The highest BCUT2D eigenvalue weighted by Gasteiger charge is 2.59. The van der Waals surface area contributed by atoms with Crippen molar-refractivity contribution in [2.24, 2.45) is 17.8 Å². The van der Waals surface area contributed by atoms with E-state index < -0.39 is 12.0 Å². The molecule has 0 radical (unpaired) electrons. The average Bonchev–Trinajstić information content (AvgIpc) is 3.07. The zero-order chi connectivity index (χ0) is 20.1. The van der Waals surface area contributed by atoms with Gasteiger partial charge in [-0.2, -0.15) is 0 Å². The van der Waals surface area contributed by atoms with Gasteiger partial charge in [0.05, 0.1) is 19.8 Å². The van der Waals surface area contributed by atoms with Crippen LogP contribution in [0, 0.1) is 17.8 Å². The van der Waals surface area contributed by atoms with E-state index in [1.807, 2.05) is 30.3 Å². The lowest BCUT2D eigenvalue weighted by atomic mass is 9.68. The van der Waals surface area contributed by atoms with Gasteiger partial charge in [-0.1, -0.05) is 57.0 Å². The number of hydrogen-bond donors (Lipinski definition) is 2. The van der Waals surface area contributed by atoms with Gasteiger partial charge in [-0.25, -0.2) is 0 Å². The second kappa shape index (κ2) is 9.38. The van der Waals surface area contributed by atoms with Gasteiger partial charge in [-0.05, 0) is 30.7 Å². The van der Waals surface area contributed by atoms with Crippen molar-refractivity contribution < 1.29 is 19.4 Å². The molecule has 0 saturated carbocycles. The van der Waals surface area contributed by atoms with Gasteiger partial charge in [0.2, 0.25) is 0 Å². The van der Waals surface area contributed by atoms with Crippen LogP contribution < -0.4 is 5.32 Å². The van der Waals surface area contributed by atoms with Crippen LogP contribution in [0.25, 0.3) is 0 Å². The zero-order valence-electron chi connectivity index (χ0n) is 17.4. The molecule has 3 rings (SSSR count). The van der Waals surface area contributed by atoms with Gasteiger partial charge in [-0.3, -0.25) is 4.79 Å². The highest BCUT2D eigenvalue weighted by Crippen LogP contribution is 2.48. The number of ether oxygens (including phenoxy) is 2. The summed E-state index contributed by atoms with van der Waals surface area (Å²) in [7, 11) is 1.42. The maximum atomic E-state index is 12.6. The number of aliphatic hydroxyl groups excluding tert-OH is 1. The fourth-order valence-corrected chi connectivity index (χ4v) is 5.37. The normalized spacial score (nSPS) is 32.9. The molecule has 0 unspecified atom stereocenters. The molecule has 2 N–H and O–H groups in total. The van der Waals surface area contributed by atoms with E-state index in [0.717, 1.165) is 37.7 Å². The smallest absolute Gasteiger partial charge is 0.313 e. The molecule has 1 aromatic carbocycles. The zero-order valence-corrected chi connectivity index (χ0v) is 17.4. The lowest BCUT2D eigenvalue weighted by Crippen LogP contribution is -2.65. The SMILES string of the molecule is CCCC[C@]12CC[C@H](N1)[C@@H]([C@H](C)COCc1ccccc1)[C@@H](O)[C@H]2C(=O)OC. The van der Waals surface area contributed by atoms with Gasteiger partial charge in [0.15, 0.2) is 0 Å². The predicted octanol–water partition coefficient (Wildman–Crippen LogP) is 3.30. The minimum atomic E-state index is -0.701. The molecule has 0 amide bonds. The first-order valence-electron chi connectivity index (χ1n) is 10.7. The Hall–Kier alpha value is -1.43. The summed E-state index contributed by atoms with van der Waals surface area (Å²) < 4.78 is 11.1. The molecule has 5 heteroatoms. The molecule has 0 aliphatic carbocycles. The van der Waals surface area contributed by atoms with Crippen LogP contribution in [0.1, 0.15) is 51.5 Å². The first-order chi connectivity index (χ1) is 13.5. The molecular weight excluding hydrogens is 354 g/mol. The van der Waals surface area contributed by atoms with Crippen molar-refractivity contribution in [2.75, 3.05) is 13.7 Å². The Morgan fingerprint density at radius 2 is 2.11 bits per heavy atom. The Bertz CT molecular complexity index is 637. The number of piperidine rings is 1. The molecule has 2 aliphatic heterocycles. The fraction of sp³-hybridized carbons (Fsp3) is 0.696. The van der Waals surface area contributed by atoms with Crippen molar-refractivity contribution in [3.8, 4) is 0 Å². The quantitative estimate of drug-likeness (QED) is 0.634. The molecule has 0 spiro atoms. The predicted molar refractivity (Wildman–Crippen MR) is 109 cm³/mol. The van der Waals surface area contributed by atoms with E-state index in [9.17, 15) is 9.90 Å². The van der Waals surface area contributed by atoms with Gasteiger partial charge in [0.1, 0.15) is 5.92 Å². The van der Waals surface area contributed by atoms with Crippen LogP contribution in [0.4, 0.5) is 0 Å². The molecule has 2 fully saturated rings. The second-order valence-electron chi connectivity index (χ2n) is 8.60. The second-order valence-corrected chi connectivity index (χ2v) is 8.60. The number of carbonyl (C=O) groups is 1. The summed E-state index contributed by atoms with van der Waals surface area (Å²) in [5.74, 6) is -0.675. The van der Waals surface area contributed by atoms with Crippen molar-refractivity contribution in [3.05, 3.63) is 35.9 Å². The number of hydrogen-bond acceptors (Lipinski definition) is 5. The molecule has 156 valence electrons. The Balaban J connectivity index is 1.69. The lowest BCUT2D eigenvalue weighted by Gasteiger charge is -2.48. The molecule has 2 bridgehead atoms. The summed E-state index contributed by atoms with van der Waals surface area (Å²) in [6, 6.07) is 10.3. The Morgan fingerprint density at radius 1 is 1.36 bits per heavy atom. The molecule has 5 nitrogen and oxygen atoms in total. The van der Waals surface area contributed by atoms with E-state index in [1.54, 1.807) is 0 Å². The fourth-order valence-electron chi connectivity index (χ4n) is 5.37. The molecular formula is C23H35NO4. The summed E-state index contributed by atoms with van der Waals surface area (Å²) in [5, 5.41) is 15.0. The number of nitrogens with one attached hydrogen (secondary N) is 1. The van der Waals surface area contributed by atoms with Crippen molar-refractivity contribution in [2.45, 2.75) is 70.2 Å². The highest BCUT2D eigenvalue weighted by molar-refractivity contribution is 5.75. The van der Waals surface area contributed by atoms with Crippen LogP contribution in [-0.4, -0.2) is 42.5 Å². The van der Waals surface area contributed by atoms with Crippen LogP contribution in [0.2, 0.25) is 0 Å². The molecule has 2 saturated heterocycles. The summed E-state index contributed by atoms with van der Waals surface area (Å²) >= 11 is 0. The van der Waals surface area contributed by atoms with Gasteiger partial charge < -0.3 is 19.9 Å². The van der Waals surface area contributed by atoms with Gasteiger partial charge >= 0.3 is 5.97 Å². The van der Waals surface area contributed by atoms with Crippen LogP contribution in [0.3, 0.4) is 0 Å². The Kier molecular flexibility index (Phi) is 7.13. The van der Waals surface area contributed by atoms with Crippen molar-refractivity contribution in [1.82, 2.24) is 5.32 Å². The number of fused-ring (bicyclic) bond motifs is 2. The number of methoxy groups -OCH3 is 1. The van der Waals surface area contributed by atoms with Crippen molar-refractivity contribution >= 4 is 5.97 Å². The van der Waals surface area contributed by atoms with Gasteiger partial charge in [0, 0.05) is 24.1 Å². The average molecular weight is 390 g/mol. The maximum Gasteiger partial charge on any atom is 0.313 e. The highest BCUT2D eigenvalue weighted by atomic mass is 16.5. The number of carbonyl (C=O) groups excluding carboxylic acids is 1. The summed E-state index contributed by atoms with van der Waals surface area (Å²) in [5.41, 5.74) is 0.817. The minimum Gasteiger partial charge on any atom is -0.469 e. The first kappa shape index (κ1) is 21.3. The standard InChI is InChI=1S/C23H35NO4/c1-4-5-12-23-13-11-18(24-23)19(21(25)20(23)22(26)27-3)16(2)14-28-15-17-9-7-6-8-10-17/h6-10,16,18-21,24-25H,4-5,11-15H2,1-3H3/t16-,18+,19-,20+,21-,23-/m1/s1. The third-order valence-corrected chi connectivity index (χ3v) is 6.75. The van der Waals surface area contributed by atoms with E-state index in [2.05, 4.69) is 19.2 Å². The third kappa shape index (κ3) is 4.27. The summed E-state index contributed by atoms with van der Waals surface area (Å²) in [6.45, 7) is 5.40. The number of aliphatic hydroxyl groups is 1. The Morgan fingerprint density at radius 3 is 2.79 bits per heavy atom. The largest absolute Gasteiger partial charge is 0.469 e. The molecule has 2 aliphatic rings. The van der Waals surface area contributed by atoms with E-state index in [4.69, 9.17) is 9.47 Å². The monoisotopic (exact) mass is 389 g/mol. The van der Waals surface area contributed by atoms with Gasteiger partial charge in [0.25, 0.3) is 0 Å². The Labute approximate surface area is 168 Å². The van der Waals surface area contributed by atoms with E-state index in [-0.39, 0.29) is 29.4 Å². The third-order valence-electron chi connectivity index (χ3n) is 6.75. The van der Waals surface area contributed by atoms with Crippen LogP contribution >= 0.6 is 0 Å². The molecule has 6 atom stereocenters. The van der Waals surface area contributed by atoms with Gasteiger partial charge in [-0.15, -0.1) is 0 Å². The summed E-state index contributed by atoms with van der Waals surface area (Å²) in [6.07, 6.45) is 4.23. The van der Waals surface area contributed by atoms with Crippen LogP contribution in [-0.2, 0) is 20.9 Å². The van der Waals surface area contributed by atoms with E-state index in [0.29, 0.717) is 13.2 Å². The molecule has 0 aromatic heterocycles. The molecule has 28 heavy (non-hydrogen) atoms. The lowest BCUT2D eigenvalue weighted by molar-refractivity contribution is -0.161. The topological polar surface area (TPSA) is 67.8 Å². The number of unbranched alkanes of at least 4 members (excludes halogenated alkanes) is 1. The number of esters is 1. The van der Waals surface area contributed by atoms with Crippen molar-refractivity contribution in [1.29, 1.82) is 0 Å². The number of benzene rings is 1. The summed E-state index contributed by atoms with van der Waals surface area (Å²) in [4.78, 5) is 12.6. The number of rotatable bonds is 9.